The van der Waals surface area contributed by atoms with Gasteiger partial charge in [-0.3, -0.25) is 4.79 Å². The van der Waals surface area contributed by atoms with Gasteiger partial charge in [0.2, 0.25) is 5.91 Å². The summed E-state index contributed by atoms with van der Waals surface area (Å²) in [6.45, 7) is 8.54. The maximum absolute atomic E-state index is 11.6. The fraction of sp³-hybridized carbons (Fsp3) is 0.562. The number of carbonyl (C=O) groups excluding carboxylic acids is 1. The Morgan fingerprint density at radius 3 is 2.75 bits per heavy atom. The minimum absolute atomic E-state index is 0.116. The lowest BCUT2D eigenvalue weighted by Gasteiger charge is -2.21. The van der Waals surface area contributed by atoms with E-state index in [0.717, 1.165) is 38.3 Å². The third-order valence-corrected chi connectivity index (χ3v) is 3.44. The van der Waals surface area contributed by atoms with Gasteiger partial charge in [-0.1, -0.05) is 26.0 Å². The number of carbonyl (C=O) groups is 1. The molecular formula is C16H25N3O. The Hall–Kier alpha value is -1.55. The Morgan fingerprint density at radius 2 is 2.05 bits per heavy atom. The monoisotopic (exact) mass is 275 g/mol. The van der Waals surface area contributed by atoms with Crippen LogP contribution in [0.4, 0.5) is 5.69 Å². The Morgan fingerprint density at radius 1 is 1.30 bits per heavy atom. The maximum Gasteiger partial charge on any atom is 0.239 e. The van der Waals surface area contributed by atoms with Crippen LogP contribution in [0.2, 0.25) is 0 Å². The largest absolute Gasteiger partial charge is 0.362 e. The van der Waals surface area contributed by atoms with Crippen LogP contribution >= 0.6 is 0 Å². The van der Waals surface area contributed by atoms with Crippen molar-refractivity contribution in [3.63, 3.8) is 0 Å². The minimum Gasteiger partial charge on any atom is -0.362 e. The molecule has 1 heterocycles. The molecule has 1 amide bonds. The van der Waals surface area contributed by atoms with Crippen molar-refractivity contribution in [3.8, 4) is 0 Å². The van der Waals surface area contributed by atoms with Gasteiger partial charge in [0, 0.05) is 25.3 Å². The predicted molar refractivity (Wildman–Crippen MR) is 82.8 cm³/mol. The van der Waals surface area contributed by atoms with E-state index >= 15 is 0 Å². The second-order valence-electron chi connectivity index (χ2n) is 5.82. The zero-order valence-corrected chi connectivity index (χ0v) is 12.5. The normalized spacial score (nSPS) is 16.1. The maximum atomic E-state index is 11.6. The topological polar surface area (TPSA) is 44.4 Å². The molecule has 0 spiro atoms. The molecule has 0 aliphatic carbocycles. The van der Waals surface area contributed by atoms with Crippen LogP contribution in [-0.2, 0) is 11.3 Å². The molecule has 0 saturated carbocycles. The minimum atomic E-state index is 0.116. The molecule has 1 aliphatic heterocycles. The van der Waals surface area contributed by atoms with Gasteiger partial charge in [0.25, 0.3) is 0 Å². The van der Waals surface area contributed by atoms with Gasteiger partial charge in [-0.05, 0) is 36.6 Å². The first kappa shape index (κ1) is 14.9. The van der Waals surface area contributed by atoms with E-state index in [1.165, 1.54) is 5.56 Å². The molecule has 0 bridgehead atoms. The molecule has 0 radical (unpaired) electrons. The molecule has 0 atom stereocenters. The van der Waals surface area contributed by atoms with Crippen LogP contribution in [-0.4, -0.2) is 32.1 Å². The first-order chi connectivity index (χ1) is 9.65. The van der Waals surface area contributed by atoms with Crippen molar-refractivity contribution in [1.29, 1.82) is 0 Å². The quantitative estimate of drug-likeness (QED) is 0.860. The summed E-state index contributed by atoms with van der Waals surface area (Å²) in [6, 6.07) is 8.52. The lowest BCUT2D eigenvalue weighted by molar-refractivity contribution is -0.119. The van der Waals surface area contributed by atoms with Crippen molar-refractivity contribution in [2.24, 2.45) is 5.92 Å². The van der Waals surface area contributed by atoms with Crippen LogP contribution in [0.1, 0.15) is 25.8 Å². The van der Waals surface area contributed by atoms with Gasteiger partial charge in [-0.2, -0.15) is 0 Å². The van der Waals surface area contributed by atoms with E-state index < -0.39 is 0 Å². The van der Waals surface area contributed by atoms with E-state index in [4.69, 9.17) is 0 Å². The molecule has 2 rings (SSSR count). The van der Waals surface area contributed by atoms with Crippen molar-refractivity contribution in [1.82, 2.24) is 10.6 Å². The van der Waals surface area contributed by atoms with Crippen LogP contribution in [0.5, 0.6) is 0 Å². The first-order valence-electron chi connectivity index (χ1n) is 7.46. The molecule has 20 heavy (non-hydrogen) atoms. The Kier molecular flexibility index (Phi) is 5.41. The van der Waals surface area contributed by atoms with E-state index in [-0.39, 0.29) is 5.91 Å². The molecule has 4 heteroatoms. The molecule has 0 aromatic heterocycles. The number of hydrogen-bond acceptors (Lipinski definition) is 3. The standard InChI is InChI=1S/C16H25N3O/c1-13(2)10-17-11-14-4-6-15(7-5-14)19-9-3-8-18-16(20)12-19/h4-7,13,17H,3,8-12H2,1-2H3,(H,18,20). The number of hydrogen-bond donors (Lipinski definition) is 2. The van der Waals surface area contributed by atoms with Gasteiger partial charge in [-0.15, -0.1) is 0 Å². The van der Waals surface area contributed by atoms with Gasteiger partial charge in [0.15, 0.2) is 0 Å². The van der Waals surface area contributed by atoms with Crippen LogP contribution in [0, 0.1) is 5.92 Å². The van der Waals surface area contributed by atoms with Crippen LogP contribution in [0.25, 0.3) is 0 Å². The fourth-order valence-electron chi connectivity index (χ4n) is 2.36. The van der Waals surface area contributed by atoms with Crippen molar-refractivity contribution in [2.45, 2.75) is 26.8 Å². The Balaban J connectivity index is 1.91. The highest BCUT2D eigenvalue weighted by Gasteiger charge is 2.14. The first-order valence-corrected chi connectivity index (χ1v) is 7.46. The van der Waals surface area contributed by atoms with Crippen molar-refractivity contribution in [2.75, 3.05) is 31.1 Å². The number of nitrogens with zero attached hydrogens (tertiary/aromatic N) is 1. The number of anilines is 1. The molecule has 0 unspecified atom stereocenters. The fourth-order valence-corrected chi connectivity index (χ4v) is 2.36. The third-order valence-electron chi connectivity index (χ3n) is 3.44. The Bertz CT molecular complexity index is 428. The Labute approximate surface area is 121 Å². The van der Waals surface area contributed by atoms with Gasteiger partial charge in [0.05, 0.1) is 6.54 Å². The van der Waals surface area contributed by atoms with E-state index in [1.807, 2.05) is 0 Å². The zero-order chi connectivity index (χ0) is 14.4. The smallest absolute Gasteiger partial charge is 0.239 e. The second-order valence-corrected chi connectivity index (χ2v) is 5.82. The molecule has 110 valence electrons. The van der Waals surface area contributed by atoms with Gasteiger partial charge >= 0.3 is 0 Å². The summed E-state index contributed by atoms with van der Waals surface area (Å²) in [7, 11) is 0. The zero-order valence-electron chi connectivity index (χ0n) is 12.5. The van der Waals surface area contributed by atoms with Crippen LogP contribution in [0.15, 0.2) is 24.3 Å². The summed E-state index contributed by atoms with van der Waals surface area (Å²) < 4.78 is 0. The average Bonchev–Trinajstić information content (AvgIpc) is 2.64. The summed E-state index contributed by atoms with van der Waals surface area (Å²) in [5, 5.41) is 6.34. The number of rotatable bonds is 5. The average molecular weight is 275 g/mol. The van der Waals surface area contributed by atoms with E-state index in [2.05, 4.69) is 53.6 Å². The number of nitrogens with one attached hydrogen (secondary N) is 2. The molecular weight excluding hydrogens is 250 g/mol. The van der Waals surface area contributed by atoms with Crippen molar-refractivity contribution < 1.29 is 4.79 Å². The van der Waals surface area contributed by atoms with E-state index in [0.29, 0.717) is 12.5 Å². The summed E-state index contributed by atoms with van der Waals surface area (Å²) in [4.78, 5) is 13.7. The molecule has 1 saturated heterocycles. The predicted octanol–water partition coefficient (Wildman–Crippen LogP) is 1.76. The molecule has 4 nitrogen and oxygen atoms in total. The molecule has 2 N–H and O–H groups in total. The number of benzene rings is 1. The molecule has 1 aliphatic rings. The highest BCUT2D eigenvalue weighted by atomic mass is 16.2. The second kappa shape index (κ2) is 7.29. The summed E-state index contributed by atoms with van der Waals surface area (Å²) in [6.07, 6.45) is 1.00. The van der Waals surface area contributed by atoms with Crippen LogP contribution < -0.4 is 15.5 Å². The van der Waals surface area contributed by atoms with Crippen LogP contribution in [0.3, 0.4) is 0 Å². The highest BCUT2D eigenvalue weighted by molar-refractivity contribution is 5.81. The van der Waals surface area contributed by atoms with E-state index in [1.54, 1.807) is 0 Å². The summed E-state index contributed by atoms with van der Waals surface area (Å²) in [5.74, 6) is 0.787. The van der Waals surface area contributed by atoms with Gasteiger partial charge in [0.1, 0.15) is 0 Å². The van der Waals surface area contributed by atoms with Gasteiger partial charge in [-0.25, -0.2) is 0 Å². The number of amides is 1. The van der Waals surface area contributed by atoms with E-state index in [9.17, 15) is 4.79 Å². The molecule has 1 aromatic rings. The summed E-state index contributed by atoms with van der Waals surface area (Å²) >= 11 is 0. The molecule has 1 aromatic carbocycles. The molecule has 1 fully saturated rings. The SMILES string of the molecule is CC(C)CNCc1ccc(N2CCCNC(=O)C2)cc1. The lowest BCUT2D eigenvalue weighted by Crippen LogP contribution is -2.32. The van der Waals surface area contributed by atoms with Crippen molar-refractivity contribution in [3.05, 3.63) is 29.8 Å². The highest BCUT2D eigenvalue weighted by Crippen LogP contribution is 2.16. The summed E-state index contributed by atoms with van der Waals surface area (Å²) in [5.41, 5.74) is 2.42. The van der Waals surface area contributed by atoms with Gasteiger partial charge < -0.3 is 15.5 Å². The van der Waals surface area contributed by atoms with Crippen molar-refractivity contribution >= 4 is 11.6 Å². The lowest BCUT2D eigenvalue weighted by atomic mass is 10.1. The third kappa shape index (κ3) is 4.53.